The fourth-order valence-electron chi connectivity index (χ4n) is 11.0. The zero-order valence-electron chi connectivity index (χ0n) is 24.8. The number of fused-ring (bicyclic) bond motifs is 7. The van der Waals surface area contributed by atoms with Gasteiger partial charge in [-0.2, -0.15) is 0 Å². The van der Waals surface area contributed by atoms with Crippen LogP contribution in [-0.4, -0.2) is 41.3 Å². The zero-order chi connectivity index (χ0) is 27.0. The summed E-state index contributed by atoms with van der Waals surface area (Å²) >= 11 is 0. The number of carbonyl (C=O) groups excluding carboxylic acids is 2. The van der Waals surface area contributed by atoms with Crippen LogP contribution in [0.5, 0.6) is 0 Å². The highest BCUT2D eigenvalue weighted by atomic mass is 16.5. The first-order valence-corrected chi connectivity index (χ1v) is 15.9. The van der Waals surface area contributed by atoms with Gasteiger partial charge in [0.2, 0.25) is 5.91 Å². The summed E-state index contributed by atoms with van der Waals surface area (Å²) in [5.74, 6) is 3.76. The number of hydrogen-bond acceptors (Lipinski definition) is 4. The predicted molar refractivity (Wildman–Crippen MR) is 148 cm³/mol. The molecule has 2 aliphatic heterocycles. The van der Waals surface area contributed by atoms with Crippen molar-refractivity contribution in [2.75, 3.05) is 6.54 Å². The molecule has 6 aliphatic rings. The SMILES string of the molecule is CCCC(=O)O[C@@H]1CC[C@@]2(C)C(=CC[C@H]3[C@H]2CC[C@]2(C)[C@H]4[C@H](C[C@@H]32)O[C@]2(CC[C@H](C)CN2C(C)=O)[C@H]4C)C1. The van der Waals surface area contributed by atoms with E-state index in [1.165, 1.54) is 19.3 Å². The molecule has 0 N–H and O–H groups in total. The summed E-state index contributed by atoms with van der Waals surface area (Å²) in [6.45, 7) is 14.4. The van der Waals surface area contributed by atoms with Gasteiger partial charge in [0, 0.05) is 32.2 Å². The van der Waals surface area contributed by atoms with Crippen LogP contribution in [0.4, 0.5) is 0 Å². The summed E-state index contributed by atoms with van der Waals surface area (Å²) in [4.78, 5) is 27.1. The fourth-order valence-corrected chi connectivity index (χ4v) is 11.0. The van der Waals surface area contributed by atoms with Crippen LogP contribution in [0.25, 0.3) is 0 Å². The molecule has 1 amide bonds. The third kappa shape index (κ3) is 3.79. The maximum atomic E-state index is 12.8. The summed E-state index contributed by atoms with van der Waals surface area (Å²) < 4.78 is 13.0. The van der Waals surface area contributed by atoms with Crippen molar-refractivity contribution in [3.8, 4) is 0 Å². The van der Waals surface area contributed by atoms with Crippen molar-refractivity contribution in [3.05, 3.63) is 11.6 Å². The van der Waals surface area contributed by atoms with E-state index in [-0.39, 0.29) is 34.9 Å². The van der Waals surface area contributed by atoms with E-state index in [9.17, 15) is 9.59 Å². The lowest BCUT2D eigenvalue weighted by Crippen LogP contribution is -2.60. The lowest BCUT2D eigenvalue weighted by Gasteiger charge is -2.59. The van der Waals surface area contributed by atoms with Crippen molar-refractivity contribution in [3.63, 3.8) is 0 Å². The fraction of sp³-hybridized carbons (Fsp3) is 0.879. The summed E-state index contributed by atoms with van der Waals surface area (Å²) in [5.41, 5.74) is 1.71. The molecule has 4 aliphatic carbocycles. The number of amides is 1. The second kappa shape index (κ2) is 9.35. The topological polar surface area (TPSA) is 55.8 Å². The van der Waals surface area contributed by atoms with E-state index in [4.69, 9.17) is 9.47 Å². The Balaban J connectivity index is 1.22. The number of allylic oxidation sites excluding steroid dienone is 1. The summed E-state index contributed by atoms with van der Waals surface area (Å²) in [5, 5.41) is 0. The van der Waals surface area contributed by atoms with E-state index < -0.39 is 5.72 Å². The van der Waals surface area contributed by atoms with Crippen LogP contribution in [0.2, 0.25) is 0 Å². The second-order valence-electron chi connectivity index (χ2n) is 14.7. The largest absolute Gasteiger partial charge is 0.462 e. The molecule has 0 unspecified atom stereocenters. The monoisotopic (exact) mass is 525 g/mol. The first-order valence-electron chi connectivity index (χ1n) is 15.9. The minimum absolute atomic E-state index is 0.0241. The highest BCUT2D eigenvalue weighted by Gasteiger charge is 2.69. The van der Waals surface area contributed by atoms with Crippen LogP contribution in [-0.2, 0) is 19.1 Å². The Morgan fingerprint density at radius 3 is 2.63 bits per heavy atom. The van der Waals surface area contributed by atoms with Gasteiger partial charge in [-0.15, -0.1) is 0 Å². The van der Waals surface area contributed by atoms with E-state index in [1.54, 1.807) is 12.5 Å². The molecular weight excluding hydrogens is 474 g/mol. The van der Waals surface area contributed by atoms with Crippen LogP contribution in [0.3, 0.4) is 0 Å². The second-order valence-corrected chi connectivity index (χ2v) is 14.7. The minimum Gasteiger partial charge on any atom is -0.462 e. The maximum Gasteiger partial charge on any atom is 0.306 e. The van der Waals surface area contributed by atoms with E-state index in [2.05, 4.69) is 38.7 Å². The number of carbonyl (C=O) groups is 2. The molecule has 0 radical (unpaired) electrons. The number of piperidine rings is 1. The van der Waals surface area contributed by atoms with Crippen molar-refractivity contribution in [1.82, 2.24) is 4.90 Å². The molecule has 11 atom stereocenters. The molecule has 2 heterocycles. The van der Waals surface area contributed by atoms with Gasteiger partial charge in [0.25, 0.3) is 0 Å². The molecule has 5 fully saturated rings. The van der Waals surface area contributed by atoms with Gasteiger partial charge in [-0.05, 0) is 98.2 Å². The van der Waals surface area contributed by atoms with Gasteiger partial charge in [0.15, 0.2) is 0 Å². The Hall–Kier alpha value is -1.36. The quantitative estimate of drug-likeness (QED) is 0.297. The van der Waals surface area contributed by atoms with Crippen molar-refractivity contribution >= 4 is 11.9 Å². The lowest BCUT2D eigenvalue weighted by molar-refractivity contribution is -0.200. The van der Waals surface area contributed by atoms with Gasteiger partial charge >= 0.3 is 5.97 Å². The normalized spacial score (nSPS) is 49.5. The van der Waals surface area contributed by atoms with Crippen LogP contribution < -0.4 is 0 Å². The molecule has 0 aromatic carbocycles. The maximum absolute atomic E-state index is 12.8. The molecule has 0 aromatic heterocycles. The molecule has 1 spiro atoms. The Morgan fingerprint density at radius 2 is 1.89 bits per heavy atom. The first kappa shape index (κ1) is 26.8. The summed E-state index contributed by atoms with van der Waals surface area (Å²) in [6, 6.07) is 0. The molecule has 212 valence electrons. The number of nitrogens with zero attached hydrogens (tertiary/aromatic N) is 1. The third-order valence-corrected chi connectivity index (χ3v) is 12.8. The molecule has 5 heteroatoms. The third-order valence-electron chi connectivity index (χ3n) is 12.8. The van der Waals surface area contributed by atoms with E-state index >= 15 is 0 Å². The first-order chi connectivity index (χ1) is 18.0. The average molecular weight is 526 g/mol. The van der Waals surface area contributed by atoms with Crippen molar-refractivity contribution in [1.29, 1.82) is 0 Å². The minimum atomic E-state index is -0.391. The average Bonchev–Trinajstić information content (AvgIpc) is 3.31. The molecule has 5 nitrogen and oxygen atoms in total. The molecule has 6 rings (SSSR count). The predicted octanol–water partition coefficient (Wildman–Crippen LogP) is 6.90. The lowest BCUT2D eigenvalue weighted by atomic mass is 9.46. The molecule has 3 saturated carbocycles. The summed E-state index contributed by atoms with van der Waals surface area (Å²) in [6.07, 6.45) is 14.4. The molecular formula is C33H51NO4. The van der Waals surface area contributed by atoms with E-state index in [0.29, 0.717) is 36.0 Å². The van der Waals surface area contributed by atoms with Crippen molar-refractivity contribution in [2.24, 2.45) is 46.3 Å². The molecule has 0 aromatic rings. The molecule has 0 bridgehead atoms. The standard InChI is InChI=1S/C33H51NO4/c1-7-8-29(36)37-24-12-14-31(5)23(17-24)9-10-25-26(31)13-15-32(6)27(25)18-28-30(32)21(3)33(38-28)16-11-20(2)19-34(33)22(4)35/h9,20-21,24-28,30H,7-8,10-19H2,1-6H3/t20-,21-,24+,25-,26+,27-,28-,30+,31-,32-,33+/m0/s1. The van der Waals surface area contributed by atoms with Gasteiger partial charge in [0.05, 0.1) is 6.10 Å². The van der Waals surface area contributed by atoms with Gasteiger partial charge in [-0.1, -0.05) is 46.3 Å². The number of hydrogen-bond donors (Lipinski definition) is 0. The number of likely N-dealkylation sites (tertiary alicyclic amines) is 1. The Labute approximate surface area is 230 Å². The van der Waals surface area contributed by atoms with Crippen molar-refractivity contribution in [2.45, 2.75) is 130 Å². The Morgan fingerprint density at radius 1 is 1.11 bits per heavy atom. The van der Waals surface area contributed by atoms with Gasteiger partial charge in [-0.25, -0.2) is 0 Å². The molecule has 38 heavy (non-hydrogen) atoms. The number of rotatable bonds is 3. The van der Waals surface area contributed by atoms with E-state index in [1.807, 2.05) is 6.92 Å². The van der Waals surface area contributed by atoms with Crippen LogP contribution in [0, 0.1) is 46.3 Å². The number of esters is 1. The Bertz CT molecular complexity index is 1010. The van der Waals surface area contributed by atoms with Gasteiger partial charge < -0.3 is 14.4 Å². The highest BCUT2D eigenvalue weighted by Crippen LogP contribution is 2.70. The number of ether oxygens (including phenoxy) is 2. The van der Waals surface area contributed by atoms with E-state index in [0.717, 1.165) is 57.4 Å². The zero-order valence-corrected chi connectivity index (χ0v) is 24.8. The highest BCUT2D eigenvalue weighted by molar-refractivity contribution is 5.74. The van der Waals surface area contributed by atoms with Crippen molar-refractivity contribution < 1.29 is 19.1 Å². The smallest absolute Gasteiger partial charge is 0.306 e. The van der Waals surface area contributed by atoms with Crippen LogP contribution in [0.15, 0.2) is 11.6 Å². The Kier molecular flexibility index (Phi) is 6.60. The van der Waals surface area contributed by atoms with Gasteiger partial charge in [-0.3, -0.25) is 9.59 Å². The van der Waals surface area contributed by atoms with Crippen LogP contribution in [0.1, 0.15) is 112 Å². The molecule has 2 saturated heterocycles. The summed E-state index contributed by atoms with van der Waals surface area (Å²) in [7, 11) is 0. The van der Waals surface area contributed by atoms with Crippen LogP contribution >= 0.6 is 0 Å². The van der Waals surface area contributed by atoms with Gasteiger partial charge in [0.1, 0.15) is 11.8 Å².